The van der Waals surface area contributed by atoms with Gasteiger partial charge in [-0.25, -0.2) is 0 Å². The van der Waals surface area contributed by atoms with E-state index in [-0.39, 0.29) is 6.10 Å². The molecule has 5 rings (SSSR count). The molecular weight excluding hydrogens is 775 g/mol. The van der Waals surface area contributed by atoms with Gasteiger partial charge in [0, 0.05) is 39.6 Å². The summed E-state index contributed by atoms with van der Waals surface area (Å²) in [5.41, 5.74) is 2.77. The van der Waals surface area contributed by atoms with E-state index in [0.29, 0.717) is 16.9 Å². The Balaban J connectivity index is 0.871. The van der Waals surface area contributed by atoms with Crippen LogP contribution in [0.2, 0.25) is 0 Å². The fraction of sp³-hybridized carbons (Fsp3) is 0.931. The van der Waals surface area contributed by atoms with Crippen molar-refractivity contribution in [1.82, 2.24) is 4.90 Å². The van der Waals surface area contributed by atoms with E-state index in [4.69, 9.17) is 18.9 Å². The number of hydrogen-bond donors (Lipinski definition) is 0. The van der Waals surface area contributed by atoms with Crippen molar-refractivity contribution in [3.63, 3.8) is 0 Å². The zero-order valence-corrected chi connectivity index (χ0v) is 42.6. The maximum atomic E-state index is 6.55. The Bertz CT molecular complexity index is 1230. The number of ether oxygens (including phenoxy) is 4. The highest BCUT2D eigenvalue weighted by Crippen LogP contribution is 2.67. The molecule has 5 nitrogen and oxygen atoms in total. The molecule has 0 spiro atoms. The summed E-state index contributed by atoms with van der Waals surface area (Å²) in [6, 6.07) is 0. The van der Waals surface area contributed by atoms with Crippen molar-refractivity contribution >= 4 is 0 Å². The molecular formula is C58H105NO4. The SMILES string of the molecule is CCCCCCCC/C=C\CCCCCCCCOCC(CN1CCCCC1)OCCCOCCCO[C@H]1CC[C@@]2(C)C(=CC[C@H]3C4CCC(CCCCC(C)C)[C@@]4(C)CCC32)C1. The second-order valence-corrected chi connectivity index (χ2v) is 22.7. The molecule has 0 aromatic rings. The van der Waals surface area contributed by atoms with Crippen LogP contribution in [0.15, 0.2) is 23.8 Å². The second-order valence-electron chi connectivity index (χ2n) is 22.7. The quantitative estimate of drug-likeness (QED) is 0.0469. The number of fused-ring (bicyclic) bond motifs is 5. The number of unbranched alkanes of at least 4 members (excludes halogenated alkanes) is 13. The zero-order valence-electron chi connectivity index (χ0n) is 42.6. The molecule has 0 aromatic heterocycles. The lowest BCUT2D eigenvalue weighted by atomic mass is 9.47. The summed E-state index contributed by atoms with van der Waals surface area (Å²) in [4.78, 5) is 2.60. The molecule has 3 saturated carbocycles. The highest BCUT2D eigenvalue weighted by Gasteiger charge is 2.58. The molecule has 63 heavy (non-hydrogen) atoms. The van der Waals surface area contributed by atoms with Gasteiger partial charge in [0.15, 0.2) is 0 Å². The van der Waals surface area contributed by atoms with Gasteiger partial charge in [0.2, 0.25) is 0 Å². The van der Waals surface area contributed by atoms with E-state index in [1.165, 1.54) is 193 Å². The van der Waals surface area contributed by atoms with Crippen LogP contribution in [0.1, 0.15) is 234 Å². The van der Waals surface area contributed by atoms with Crippen molar-refractivity contribution in [2.75, 3.05) is 59.3 Å². The summed E-state index contributed by atoms with van der Waals surface area (Å²) in [6.45, 7) is 20.6. The lowest BCUT2D eigenvalue weighted by Gasteiger charge is -2.58. The van der Waals surface area contributed by atoms with E-state index >= 15 is 0 Å². The van der Waals surface area contributed by atoms with Crippen molar-refractivity contribution in [3.8, 4) is 0 Å². The van der Waals surface area contributed by atoms with Gasteiger partial charge in [-0.15, -0.1) is 0 Å². The summed E-state index contributed by atoms with van der Waals surface area (Å²) in [6.07, 6.45) is 49.7. The average molecular weight is 880 g/mol. The van der Waals surface area contributed by atoms with Gasteiger partial charge in [0.25, 0.3) is 0 Å². The third-order valence-corrected chi connectivity index (χ3v) is 17.4. The van der Waals surface area contributed by atoms with Gasteiger partial charge in [-0.1, -0.05) is 142 Å². The Kier molecular flexibility index (Phi) is 25.9. The smallest absolute Gasteiger partial charge is 0.0934 e. The van der Waals surface area contributed by atoms with Gasteiger partial charge >= 0.3 is 0 Å². The molecule has 1 saturated heterocycles. The van der Waals surface area contributed by atoms with Gasteiger partial charge in [0.05, 0.1) is 18.8 Å². The molecule has 4 unspecified atom stereocenters. The monoisotopic (exact) mass is 880 g/mol. The topological polar surface area (TPSA) is 40.2 Å². The van der Waals surface area contributed by atoms with Crippen LogP contribution in [0.3, 0.4) is 0 Å². The van der Waals surface area contributed by atoms with Crippen molar-refractivity contribution < 1.29 is 18.9 Å². The van der Waals surface area contributed by atoms with E-state index in [1.807, 2.05) is 0 Å². The van der Waals surface area contributed by atoms with E-state index in [0.717, 1.165) is 95.0 Å². The molecule has 0 radical (unpaired) electrons. The predicted molar refractivity (Wildman–Crippen MR) is 269 cm³/mol. The van der Waals surface area contributed by atoms with Crippen LogP contribution in [0.5, 0.6) is 0 Å². The minimum absolute atomic E-state index is 0.163. The van der Waals surface area contributed by atoms with Crippen LogP contribution in [0, 0.1) is 40.4 Å². The fourth-order valence-electron chi connectivity index (χ4n) is 13.5. The molecule has 4 aliphatic carbocycles. The third-order valence-electron chi connectivity index (χ3n) is 17.4. The zero-order chi connectivity index (χ0) is 44.4. The first kappa shape index (κ1) is 53.2. The van der Waals surface area contributed by atoms with E-state index in [1.54, 1.807) is 5.57 Å². The van der Waals surface area contributed by atoms with E-state index in [2.05, 4.69) is 57.7 Å². The summed E-state index contributed by atoms with van der Waals surface area (Å²) < 4.78 is 25.3. The molecule has 0 aromatic carbocycles. The van der Waals surface area contributed by atoms with Crippen LogP contribution in [0.25, 0.3) is 0 Å². The predicted octanol–water partition coefficient (Wildman–Crippen LogP) is 15.9. The Morgan fingerprint density at radius 2 is 1.38 bits per heavy atom. The van der Waals surface area contributed by atoms with E-state index in [9.17, 15) is 0 Å². The Morgan fingerprint density at radius 3 is 2.13 bits per heavy atom. The molecule has 4 fully saturated rings. The number of rotatable bonds is 35. The number of allylic oxidation sites excluding steroid dienone is 3. The van der Waals surface area contributed by atoms with Crippen molar-refractivity contribution in [2.24, 2.45) is 40.4 Å². The molecule has 1 heterocycles. The van der Waals surface area contributed by atoms with Crippen LogP contribution in [-0.4, -0.2) is 76.4 Å². The number of piperidine rings is 1. The lowest BCUT2D eigenvalue weighted by molar-refractivity contribution is -0.0603. The Hall–Kier alpha value is -0.720. The van der Waals surface area contributed by atoms with E-state index < -0.39 is 0 Å². The van der Waals surface area contributed by atoms with Crippen molar-refractivity contribution in [2.45, 2.75) is 246 Å². The molecule has 366 valence electrons. The Labute approximate surface area is 391 Å². The minimum Gasteiger partial charge on any atom is -0.381 e. The molecule has 8 atom stereocenters. The second kappa shape index (κ2) is 30.6. The number of nitrogens with zero attached hydrogens (tertiary/aromatic N) is 1. The highest BCUT2D eigenvalue weighted by molar-refractivity contribution is 5.25. The molecule has 5 heteroatoms. The maximum absolute atomic E-state index is 6.55. The summed E-state index contributed by atoms with van der Waals surface area (Å²) in [7, 11) is 0. The van der Waals surface area contributed by atoms with Crippen LogP contribution < -0.4 is 0 Å². The lowest BCUT2D eigenvalue weighted by Crippen LogP contribution is -2.50. The van der Waals surface area contributed by atoms with Crippen molar-refractivity contribution in [1.29, 1.82) is 0 Å². The van der Waals surface area contributed by atoms with Gasteiger partial charge in [0.1, 0.15) is 0 Å². The van der Waals surface area contributed by atoms with Gasteiger partial charge < -0.3 is 23.8 Å². The number of hydrogen-bond acceptors (Lipinski definition) is 5. The summed E-state index contributed by atoms with van der Waals surface area (Å²) in [5.74, 6) is 4.60. The Morgan fingerprint density at radius 1 is 0.683 bits per heavy atom. The van der Waals surface area contributed by atoms with Crippen molar-refractivity contribution in [3.05, 3.63) is 23.8 Å². The minimum atomic E-state index is 0.163. The third kappa shape index (κ3) is 18.4. The largest absolute Gasteiger partial charge is 0.381 e. The van der Waals surface area contributed by atoms with Crippen LogP contribution >= 0.6 is 0 Å². The number of likely N-dealkylation sites (tertiary alicyclic amines) is 1. The highest BCUT2D eigenvalue weighted by atomic mass is 16.5. The molecule has 0 amide bonds. The standard InChI is InChI=1S/C58H105NO4/c1-6-7-8-9-10-11-12-13-14-15-16-17-18-19-20-26-41-61-48-53(47-59-39-24-21-25-40-59)63-45-28-43-60-42-27-44-62-52-35-37-58(5)51(46-52)31-33-54-55-34-32-50(30-23-22-29-49(2)3)57(55,4)38-36-56(54)58/h13-14,31,49-50,52-56H,6-12,15-30,32-48H2,1-5H3/b14-13-/t50?,52-,53?,54-,55?,56?,57+,58-/m0/s1. The summed E-state index contributed by atoms with van der Waals surface area (Å²) >= 11 is 0. The normalized spacial score (nSPS) is 29.2. The molecule has 0 bridgehead atoms. The molecule has 5 aliphatic rings. The molecule has 1 aliphatic heterocycles. The first-order valence-electron chi connectivity index (χ1n) is 28.3. The van der Waals surface area contributed by atoms with Gasteiger partial charge in [-0.05, 0) is 169 Å². The first-order valence-corrected chi connectivity index (χ1v) is 28.3. The van der Waals surface area contributed by atoms with Crippen LogP contribution in [-0.2, 0) is 18.9 Å². The van der Waals surface area contributed by atoms with Gasteiger partial charge in [-0.3, -0.25) is 0 Å². The molecule has 0 N–H and O–H groups in total. The van der Waals surface area contributed by atoms with Gasteiger partial charge in [-0.2, -0.15) is 0 Å². The van der Waals surface area contributed by atoms with Crippen LogP contribution in [0.4, 0.5) is 0 Å². The fourth-order valence-corrected chi connectivity index (χ4v) is 13.5. The maximum Gasteiger partial charge on any atom is 0.0934 e. The first-order chi connectivity index (χ1) is 30.8. The summed E-state index contributed by atoms with van der Waals surface area (Å²) in [5, 5.41) is 0. The average Bonchev–Trinajstić information content (AvgIpc) is 3.62.